The maximum Gasteiger partial charge on any atom is 0.307 e. The van der Waals surface area contributed by atoms with Crippen molar-refractivity contribution in [2.45, 2.75) is 20.3 Å². The molecule has 0 saturated carbocycles. The van der Waals surface area contributed by atoms with Gasteiger partial charge >= 0.3 is 5.97 Å². The second-order valence-corrected chi connectivity index (χ2v) is 9.52. The number of hydrogen-bond acceptors (Lipinski definition) is 11. The molecular weight excluding hydrogens is 496 g/mol. The highest BCUT2D eigenvalue weighted by molar-refractivity contribution is 7.30. The van der Waals surface area contributed by atoms with Crippen LogP contribution < -0.4 is 9.64 Å². The van der Waals surface area contributed by atoms with Crippen molar-refractivity contribution in [1.82, 2.24) is 4.98 Å². The Bertz CT molecular complexity index is 1320. The van der Waals surface area contributed by atoms with Gasteiger partial charge in [0, 0.05) is 18.8 Å². The van der Waals surface area contributed by atoms with E-state index in [9.17, 15) is 4.79 Å². The molecule has 186 valence electrons. The van der Waals surface area contributed by atoms with E-state index in [2.05, 4.69) is 37.3 Å². The number of esters is 1. The van der Waals surface area contributed by atoms with Gasteiger partial charge in [0.05, 0.1) is 36.2 Å². The number of anilines is 1. The third kappa shape index (κ3) is 6.70. The molecule has 11 heteroatoms. The smallest absolute Gasteiger partial charge is 0.307 e. The predicted molar refractivity (Wildman–Crippen MR) is 144 cm³/mol. The first-order chi connectivity index (χ1) is 17.6. The Morgan fingerprint density at radius 1 is 0.944 bits per heavy atom. The second-order valence-electron chi connectivity index (χ2n) is 7.50. The van der Waals surface area contributed by atoms with E-state index in [1.54, 1.807) is 7.11 Å². The van der Waals surface area contributed by atoms with Gasteiger partial charge in [0.25, 0.3) is 0 Å². The number of hydrogen-bond donors (Lipinski definition) is 0. The lowest BCUT2D eigenvalue weighted by molar-refractivity contribution is -0.142. The molecule has 4 aromatic rings. The highest BCUT2D eigenvalue weighted by Crippen LogP contribution is 2.39. The van der Waals surface area contributed by atoms with Crippen molar-refractivity contribution in [3.8, 4) is 5.75 Å². The number of fused-ring (bicyclic) bond motifs is 1. The summed E-state index contributed by atoms with van der Waals surface area (Å²) in [4.78, 5) is 19.2. The lowest BCUT2D eigenvalue weighted by atomic mass is 10.2. The lowest BCUT2D eigenvalue weighted by Crippen LogP contribution is -2.26. The van der Waals surface area contributed by atoms with E-state index in [1.165, 1.54) is 22.7 Å². The standard InChI is InChI=1S/C25H26N6O3S2/c1-4-31(15-14-23(32)34-5-2)19-10-6-17(7-11-19)28-30-25-26-24-21(35-25)16-22(36-24)29-27-18-8-12-20(33-3)13-9-18/h6-13,16H,4-5,14-15H2,1-3H3. The Labute approximate surface area is 217 Å². The minimum Gasteiger partial charge on any atom is -0.497 e. The van der Waals surface area contributed by atoms with Crippen molar-refractivity contribution in [2.75, 3.05) is 31.7 Å². The van der Waals surface area contributed by atoms with Crippen molar-refractivity contribution in [1.29, 1.82) is 0 Å². The minimum atomic E-state index is -0.183. The van der Waals surface area contributed by atoms with Gasteiger partial charge in [-0.1, -0.05) is 22.7 Å². The van der Waals surface area contributed by atoms with Crippen LogP contribution in [0.3, 0.4) is 0 Å². The lowest BCUT2D eigenvalue weighted by Gasteiger charge is -2.22. The second kappa shape index (κ2) is 12.3. The first-order valence-corrected chi connectivity index (χ1v) is 13.1. The quantitative estimate of drug-likeness (QED) is 0.147. The number of ether oxygens (including phenoxy) is 2. The van der Waals surface area contributed by atoms with Crippen LogP contribution in [0.1, 0.15) is 20.3 Å². The summed E-state index contributed by atoms with van der Waals surface area (Å²) in [5.41, 5.74) is 2.50. The van der Waals surface area contributed by atoms with E-state index in [0.717, 1.165) is 43.9 Å². The maximum absolute atomic E-state index is 11.6. The number of methoxy groups -OCH3 is 1. The summed E-state index contributed by atoms with van der Waals surface area (Å²) in [7, 11) is 1.63. The van der Waals surface area contributed by atoms with E-state index in [0.29, 0.717) is 24.7 Å². The van der Waals surface area contributed by atoms with Crippen molar-refractivity contribution in [3.63, 3.8) is 0 Å². The number of carbonyl (C=O) groups is 1. The Kier molecular flexibility index (Phi) is 8.69. The maximum atomic E-state index is 11.6. The molecule has 9 nitrogen and oxygen atoms in total. The van der Waals surface area contributed by atoms with Gasteiger partial charge in [-0.3, -0.25) is 4.79 Å². The number of nitrogens with zero attached hydrogens (tertiary/aromatic N) is 6. The third-order valence-electron chi connectivity index (χ3n) is 5.14. The summed E-state index contributed by atoms with van der Waals surface area (Å²) in [5, 5.41) is 18.6. The molecule has 0 fully saturated rings. The molecule has 2 aromatic heterocycles. The fourth-order valence-electron chi connectivity index (χ4n) is 3.32. The van der Waals surface area contributed by atoms with Gasteiger partial charge < -0.3 is 14.4 Å². The number of azo groups is 2. The SMILES string of the molecule is CCOC(=O)CCN(CC)c1ccc(N=Nc2nc3sc(N=Nc4ccc(OC)cc4)cc3s2)cc1. The van der Waals surface area contributed by atoms with E-state index in [-0.39, 0.29) is 5.97 Å². The summed E-state index contributed by atoms with van der Waals surface area (Å²) in [6.07, 6.45) is 0.356. The van der Waals surface area contributed by atoms with Crippen molar-refractivity contribution in [3.05, 3.63) is 54.6 Å². The number of rotatable bonds is 11. The molecule has 0 N–H and O–H groups in total. The zero-order chi connectivity index (χ0) is 25.3. The molecule has 0 saturated heterocycles. The first kappa shape index (κ1) is 25.4. The zero-order valence-electron chi connectivity index (χ0n) is 20.2. The Morgan fingerprint density at radius 3 is 2.28 bits per heavy atom. The number of carbonyl (C=O) groups excluding carboxylic acids is 1. The Hall–Kier alpha value is -3.70. The van der Waals surface area contributed by atoms with E-state index in [1.807, 2.05) is 61.5 Å². The van der Waals surface area contributed by atoms with Crippen molar-refractivity contribution < 1.29 is 14.3 Å². The molecule has 2 aromatic carbocycles. The van der Waals surface area contributed by atoms with Crippen LogP contribution in [0.5, 0.6) is 5.75 Å². The first-order valence-electron chi connectivity index (χ1n) is 11.5. The molecule has 0 aliphatic carbocycles. The topological polar surface area (TPSA) is 101 Å². The van der Waals surface area contributed by atoms with Crippen LogP contribution in [-0.4, -0.2) is 37.8 Å². The van der Waals surface area contributed by atoms with Crippen LogP contribution in [0.2, 0.25) is 0 Å². The van der Waals surface area contributed by atoms with Crippen LogP contribution in [0, 0.1) is 0 Å². The highest BCUT2D eigenvalue weighted by atomic mass is 32.1. The van der Waals surface area contributed by atoms with Crippen LogP contribution >= 0.6 is 22.7 Å². The Balaban J connectivity index is 1.36. The van der Waals surface area contributed by atoms with Gasteiger partial charge in [0.2, 0.25) is 5.13 Å². The molecular formula is C25H26N6O3S2. The van der Waals surface area contributed by atoms with Gasteiger partial charge in [-0.25, -0.2) is 4.98 Å². The summed E-state index contributed by atoms with van der Waals surface area (Å²) >= 11 is 2.92. The number of benzene rings is 2. The molecule has 0 spiro atoms. The Morgan fingerprint density at radius 2 is 1.64 bits per heavy atom. The zero-order valence-corrected chi connectivity index (χ0v) is 21.9. The molecule has 0 aliphatic rings. The number of thiophene rings is 1. The molecule has 0 atom stereocenters. The molecule has 0 amide bonds. The predicted octanol–water partition coefficient (Wildman–Crippen LogP) is 7.98. The fourth-order valence-corrected chi connectivity index (χ4v) is 5.17. The third-order valence-corrected chi connectivity index (χ3v) is 7.07. The van der Waals surface area contributed by atoms with Gasteiger partial charge in [-0.05, 0) is 68.4 Å². The van der Waals surface area contributed by atoms with Crippen LogP contribution in [0.25, 0.3) is 9.53 Å². The minimum absolute atomic E-state index is 0.183. The van der Waals surface area contributed by atoms with E-state index >= 15 is 0 Å². The molecule has 0 unspecified atom stereocenters. The van der Waals surface area contributed by atoms with Crippen LogP contribution in [0.4, 0.5) is 27.2 Å². The van der Waals surface area contributed by atoms with E-state index in [4.69, 9.17) is 9.47 Å². The van der Waals surface area contributed by atoms with E-state index < -0.39 is 0 Å². The average Bonchev–Trinajstić information content (AvgIpc) is 3.46. The summed E-state index contributed by atoms with van der Waals surface area (Å²) in [5.74, 6) is 0.596. The van der Waals surface area contributed by atoms with Crippen molar-refractivity contribution in [2.24, 2.45) is 20.5 Å². The van der Waals surface area contributed by atoms with Gasteiger partial charge in [-0.15, -0.1) is 20.5 Å². The molecule has 36 heavy (non-hydrogen) atoms. The van der Waals surface area contributed by atoms with Gasteiger partial charge in [0.15, 0.2) is 0 Å². The van der Waals surface area contributed by atoms with Crippen molar-refractivity contribution >= 4 is 65.4 Å². The monoisotopic (exact) mass is 522 g/mol. The summed E-state index contributed by atoms with van der Waals surface area (Å²) < 4.78 is 11.2. The summed E-state index contributed by atoms with van der Waals surface area (Å²) in [6.45, 7) is 5.66. The molecule has 0 aliphatic heterocycles. The normalized spacial score (nSPS) is 11.5. The summed E-state index contributed by atoms with van der Waals surface area (Å²) in [6, 6.07) is 17.1. The number of aromatic nitrogens is 1. The fraction of sp³-hybridized carbons (Fsp3) is 0.280. The van der Waals surface area contributed by atoms with Crippen LogP contribution in [0.15, 0.2) is 75.1 Å². The highest BCUT2D eigenvalue weighted by Gasteiger charge is 2.10. The van der Waals surface area contributed by atoms with Gasteiger partial charge in [-0.2, -0.15) is 0 Å². The molecule has 0 bridgehead atoms. The largest absolute Gasteiger partial charge is 0.497 e. The molecule has 4 rings (SSSR count). The van der Waals surface area contributed by atoms with Gasteiger partial charge in [0.1, 0.15) is 15.6 Å². The van der Waals surface area contributed by atoms with Crippen LogP contribution in [-0.2, 0) is 9.53 Å². The number of thiazole rings is 1. The average molecular weight is 523 g/mol. The molecule has 2 heterocycles. The molecule has 0 radical (unpaired) electrons.